The highest BCUT2D eigenvalue weighted by Gasteiger charge is 2.20. The van der Waals surface area contributed by atoms with Gasteiger partial charge in [-0.2, -0.15) is 0 Å². The van der Waals surface area contributed by atoms with E-state index in [9.17, 15) is 0 Å². The molecule has 0 saturated carbocycles. The number of fused-ring (bicyclic) bond motifs is 1. The zero-order chi connectivity index (χ0) is 17.4. The van der Waals surface area contributed by atoms with Crippen LogP contribution < -0.4 is 14.5 Å². The van der Waals surface area contributed by atoms with Crippen LogP contribution >= 0.6 is 11.6 Å². The molecule has 0 amide bonds. The number of hydrogen-bond donors (Lipinski definition) is 0. The summed E-state index contributed by atoms with van der Waals surface area (Å²) in [6.07, 6.45) is 3.98. The lowest BCUT2D eigenvalue weighted by atomic mass is 10.2. The van der Waals surface area contributed by atoms with Crippen LogP contribution in [0.5, 0.6) is 5.75 Å². The van der Waals surface area contributed by atoms with Crippen molar-refractivity contribution < 1.29 is 4.74 Å². The first-order valence-corrected chi connectivity index (χ1v) is 8.80. The summed E-state index contributed by atoms with van der Waals surface area (Å²) in [6.45, 7) is 5.88. The number of aromatic nitrogens is 2. The van der Waals surface area contributed by atoms with Gasteiger partial charge in [0.2, 0.25) is 0 Å². The molecule has 2 aromatic heterocycles. The van der Waals surface area contributed by atoms with Crippen molar-refractivity contribution in [3.05, 3.63) is 53.3 Å². The van der Waals surface area contributed by atoms with Gasteiger partial charge in [-0.25, -0.2) is 4.98 Å². The van der Waals surface area contributed by atoms with Crippen molar-refractivity contribution in [1.29, 1.82) is 0 Å². The normalized spacial score (nSPS) is 15.0. The average molecular weight is 357 g/mol. The Morgan fingerprint density at radius 2 is 1.68 bits per heavy atom. The fraction of sp³-hybridized carbons (Fsp3) is 0.316. The maximum Gasteiger partial charge on any atom is 0.148 e. The summed E-state index contributed by atoms with van der Waals surface area (Å²) < 4.78 is 7.25. The maximum absolute atomic E-state index is 6.15. The highest BCUT2D eigenvalue weighted by atomic mass is 35.5. The lowest BCUT2D eigenvalue weighted by Crippen LogP contribution is -2.46. The second-order valence-electron chi connectivity index (χ2n) is 6.34. The molecular formula is C19H21ClN4O. The fourth-order valence-corrected chi connectivity index (χ4v) is 3.62. The van der Waals surface area contributed by atoms with Crippen molar-refractivity contribution in [2.24, 2.45) is 0 Å². The number of piperazine rings is 1. The number of hydrogen-bond acceptors (Lipinski definition) is 4. The molecule has 3 heterocycles. The van der Waals surface area contributed by atoms with E-state index in [-0.39, 0.29) is 0 Å². The van der Waals surface area contributed by atoms with Crippen molar-refractivity contribution in [2.75, 3.05) is 43.1 Å². The molecule has 1 saturated heterocycles. The minimum Gasteiger partial charge on any atom is -0.497 e. The smallest absolute Gasteiger partial charge is 0.148 e. The molecule has 0 atom stereocenters. The Bertz CT molecular complexity index is 882. The second kappa shape index (κ2) is 6.48. The quantitative estimate of drug-likeness (QED) is 0.717. The van der Waals surface area contributed by atoms with E-state index in [4.69, 9.17) is 21.3 Å². The summed E-state index contributed by atoms with van der Waals surface area (Å²) >= 11 is 6.15. The Morgan fingerprint density at radius 1 is 1.00 bits per heavy atom. The zero-order valence-corrected chi connectivity index (χ0v) is 15.2. The van der Waals surface area contributed by atoms with Crippen LogP contribution in [0.25, 0.3) is 5.65 Å². The van der Waals surface area contributed by atoms with Crippen molar-refractivity contribution in [1.82, 2.24) is 9.38 Å². The highest BCUT2D eigenvalue weighted by molar-refractivity contribution is 6.30. The van der Waals surface area contributed by atoms with E-state index in [0.29, 0.717) is 0 Å². The molecule has 1 aliphatic rings. The summed E-state index contributed by atoms with van der Waals surface area (Å²) in [4.78, 5) is 9.52. The summed E-state index contributed by atoms with van der Waals surface area (Å²) in [5.41, 5.74) is 3.30. The third-order valence-corrected chi connectivity index (χ3v) is 4.94. The molecule has 0 bridgehead atoms. The highest BCUT2D eigenvalue weighted by Crippen LogP contribution is 2.24. The van der Waals surface area contributed by atoms with E-state index >= 15 is 0 Å². The second-order valence-corrected chi connectivity index (χ2v) is 6.78. The van der Waals surface area contributed by atoms with Crippen LogP contribution in [0, 0.1) is 6.92 Å². The number of nitrogens with zero attached hydrogens (tertiary/aromatic N) is 4. The van der Waals surface area contributed by atoms with Gasteiger partial charge in [-0.1, -0.05) is 11.6 Å². The number of halogens is 1. The van der Waals surface area contributed by atoms with E-state index in [0.717, 1.165) is 54.0 Å². The number of imidazole rings is 1. The first kappa shape index (κ1) is 16.1. The lowest BCUT2D eigenvalue weighted by molar-refractivity contribution is 0.415. The summed E-state index contributed by atoms with van der Waals surface area (Å²) in [5.74, 6) is 1.90. The zero-order valence-electron chi connectivity index (χ0n) is 14.4. The Kier molecular flexibility index (Phi) is 4.17. The molecule has 4 rings (SSSR count). The van der Waals surface area contributed by atoms with Crippen molar-refractivity contribution in [3.8, 4) is 5.75 Å². The molecule has 130 valence electrons. The van der Waals surface area contributed by atoms with Crippen LogP contribution in [-0.4, -0.2) is 42.7 Å². The predicted octanol–water partition coefficient (Wildman–Crippen LogP) is 3.63. The first-order chi connectivity index (χ1) is 12.1. The van der Waals surface area contributed by atoms with Gasteiger partial charge in [0.05, 0.1) is 18.3 Å². The summed E-state index contributed by atoms with van der Waals surface area (Å²) in [6, 6.07) is 10.2. The number of methoxy groups -OCH3 is 1. The molecule has 1 aromatic carbocycles. The maximum atomic E-state index is 6.15. The number of aryl methyl sites for hydroxylation is 1. The van der Waals surface area contributed by atoms with E-state index < -0.39 is 0 Å². The summed E-state index contributed by atoms with van der Waals surface area (Å²) in [7, 11) is 1.69. The minimum atomic E-state index is 0.735. The number of rotatable bonds is 3. The molecule has 0 spiro atoms. The molecule has 1 fully saturated rings. The Balaban J connectivity index is 1.49. The predicted molar refractivity (Wildman–Crippen MR) is 102 cm³/mol. The lowest BCUT2D eigenvalue weighted by Gasteiger charge is -2.36. The standard InChI is InChI=1S/C19H21ClN4O/c1-14-11-15(20)12-24-13-18(21-19(14)24)23-9-7-22(8-10-23)16-3-5-17(25-2)6-4-16/h3-6,11-13H,7-10H2,1-2H3. The van der Waals surface area contributed by atoms with Crippen LogP contribution in [0.15, 0.2) is 42.7 Å². The van der Waals surface area contributed by atoms with E-state index in [2.05, 4.69) is 28.1 Å². The molecule has 5 nitrogen and oxygen atoms in total. The molecular weight excluding hydrogens is 336 g/mol. The number of anilines is 2. The largest absolute Gasteiger partial charge is 0.497 e. The third-order valence-electron chi connectivity index (χ3n) is 4.73. The SMILES string of the molecule is COc1ccc(N2CCN(c3cn4cc(Cl)cc(C)c4n3)CC2)cc1. The number of benzene rings is 1. The van der Waals surface area contributed by atoms with Crippen LogP contribution in [0.1, 0.15) is 5.56 Å². The van der Waals surface area contributed by atoms with E-state index in [1.807, 2.05) is 35.7 Å². The van der Waals surface area contributed by atoms with Gasteiger partial charge in [-0.3, -0.25) is 0 Å². The van der Waals surface area contributed by atoms with Crippen molar-refractivity contribution >= 4 is 28.8 Å². The molecule has 6 heteroatoms. The Labute approximate surface area is 152 Å². The van der Waals surface area contributed by atoms with Crippen LogP contribution in [0.2, 0.25) is 5.02 Å². The molecule has 3 aromatic rings. The molecule has 0 radical (unpaired) electrons. The van der Waals surface area contributed by atoms with Gasteiger partial charge in [0.25, 0.3) is 0 Å². The van der Waals surface area contributed by atoms with Crippen LogP contribution in [0.3, 0.4) is 0 Å². The fourth-order valence-electron chi connectivity index (χ4n) is 3.35. The van der Waals surface area contributed by atoms with Gasteiger partial charge in [-0.05, 0) is 42.8 Å². The Morgan fingerprint density at radius 3 is 2.36 bits per heavy atom. The minimum absolute atomic E-state index is 0.735. The van der Waals surface area contributed by atoms with Gasteiger partial charge in [-0.15, -0.1) is 0 Å². The van der Waals surface area contributed by atoms with Crippen molar-refractivity contribution in [3.63, 3.8) is 0 Å². The van der Waals surface area contributed by atoms with Gasteiger partial charge in [0.15, 0.2) is 0 Å². The molecule has 1 aliphatic heterocycles. The monoisotopic (exact) mass is 356 g/mol. The van der Waals surface area contributed by atoms with Crippen molar-refractivity contribution in [2.45, 2.75) is 6.92 Å². The Hall–Kier alpha value is -2.40. The summed E-state index contributed by atoms with van der Waals surface area (Å²) in [5, 5.41) is 0.735. The topological polar surface area (TPSA) is 33.0 Å². The average Bonchev–Trinajstić information content (AvgIpc) is 3.06. The third kappa shape index (κ3) is 3.12. The van der Waals surface area contributed by atoms with Crippen LogP contribution in [-0.2, 0) is 0 Å². The van der Waals surface area contributed by atoms with E-state index in [1.165, 1.54) is 5.69 Å². The molecule has 0 aliphatic carbocycles. The number of pyridine rings is 1. The van der Waals surface area contributed by atoms with E-state index in [1.54, 1.807) is 7.11 Å². The first-order valence-electron chi connectivity index (χ1n) is 8.43. The van der Waals surface area contributed by atoms with Gasteiger partial charge >= 0.3 is 0 Å². The van der Waals surface area contributed by atoms with Gasteiger partial charge in [0, 0.05) is 38.1 Å². The molecule has 0 unspecified atom stereocenters. The van der Waals surface area contributed by atoms with Crippen LogP contribution in [0.4, 0.5) is 11.5 Å². The number of ether oxygens (including phenoxy) is 1. The van der Waals surface area contributed by atoms with Gasteiger partial charge < -0.3 is 18.9 Å². The van der Waals surface area contributed by atoms with Gasteiger partial charge in [0.1, 0.15) is 17.2 Å². The molecule has 25 heavy (non-hydrogen) atoms. The molecule has 0 N–H and O–H groups in total.